The van der Waals surface area contributed by atoms with Crippen LogP contribution in [-0.4, -0.2) is 34.5 Å². The van der Waals surface area contributed by atoms with E-state index in [-0.39, 0.29) is 35.9 Å². The average molecular weight is 359 g/mol. The van der Waals surface area contributed by atoms with E-state index in [0.717, 1.165) is 17.7 Å². The zero-order valence-electron chi connectivity index (χ0n) is 14.9. The van der Waals surface area contributed by atoms with Gasteiger partial charge < -0.3 is 14.7 Å². The van der Waals surface area contributed by atoms with Crippen LogP contribution in [0.25, 0.3) is 0 Å². The number of aromatic nitrogens is 1. The molecule has 2 heterocycles. The Morgan fingerprint density at radius 2 is 2.23 bits per heavy atom. The van der Waals surface area contributed by atoms with Gasteiger partial charge in [-0.3, -0.25) is 9.59 Å². The predicted octanol–water partition coefficient (Wildman–Crippen LogP) is 2.54. The number of nitrogens with one attached hydrogen (secondary N) is 1. The van der Waals surface area contributed by atoms with Gasteiger partial charge in [0.2, 0.25) is 11.7 Å². The Balaban J connectivity index is 1.56. The Labute approximate surface area is 151 Å². The minimum atomic E-state index is -0.377. The molecule has 2 amide bonds. The minimum Gasteiger partial charge on any atom is -0.351 e. The molecule has 7 heteroatoms. The molecule has 2 aromatic rings. The summed E-state index contributed by atoms with van der Waals surface area (Å²) in [5.41, 5.74) is 1.46. The van der Waals surface area contributed by atoms with E-state index in [4.69, 9.17) is 4.52 Å². The first-order chi connectivity index (χ1) is 12.4. The lowest BCUT2D eigenvalue weighted by Crippen LogP contribution is -2.36. The number of likely N-dealkylation sites (tertiary alicyclic amines) is 1. The first-order valence-corrected chi connectivity index (χ1v) is 8.69. The fourth-order valence-corrected chi connectivity index (χ4v) is 3.07. The Morgan fingerprint density at radius 3 is 2.96 bits per heavy atom. The lowest BCUT2D eigenvalue weighted by Gasteiger charge is -2.17. The maximum Gasteiger partial charge on any atom is 0.290 e. The maximum atomic E-state index is 13.3. The predicted molar refractivity (Wildman–Crippen MR) is 92.7 cm³/mol. The van der Waals surface area contributed by atoms with E-state index >= 15 is 0 Å². The molecule has 0 radical (unpaired) electrons. The van der Waals surface area contributed by atoms with Crippen LogP contribution in [0.2, 0.25) is 0 Å². The number of benzene rings is 1. The standard InChI is InChI=1S/C19H22FN3O3/c1-12(2)6-15-8-17(26-22-15)19(25)21-16-9-18(24)23(11-16)10-13-4-3-5-14(20)7-13/h3-5,7-8,12,16H,6,9-11H2,1-2H3,(H,21,25)/t16-/m0/s1. The van der Waals surface area contributed by atoms with Crippen LogP contribution in [0, 0.1) is 11.7 Å². The zero-order valence-corrected chi connectivity index (χ0v) is 14.9. The highest BCUT2D eigenvalue weighted by atomic mass is 19.1. The number of rotatable bonds is 6. The van der Waals surface area contributed by atoms with Crippen LogP contribution in [-0.2, 0) is 17.8 Å². The van der Waals surface area contributed by atoms with Crippen molar-refractivity contribution >= 4 is 11.8 Å². The lowest BCUT2D eigenvalue weighted by atomic mass is 10.1. The summed E-state index contributed by atoms with van der Waals surface area (Å²) in [4.78, 5) is 26.1. The van der Waals surface area contributed by atoms with Crippen molar-refractivity contribution in [3.63, 3.8) is 0 Å². The molecule has 1 aromatic heterocycles. The molecule has 138 valence electrons. The largest absolute Gasteiger partial charge is 0.351 e. The van der Waals surface area contributed by atoms with Crippen LogP contribution in [0.5, 0.6) is 0 Å². The summed E-state index contributed by atoms with van der Waals surface area (Å²) in [5, 5.41) is 6.71. The van der Waals surface area contributed by atoms with E-state index < -0.39 is 0 Å². The van der Waals surface area contributed by atoms with Crippen LogP contribution >= 0.6 is 0 Å². The van der Waals surface area contributed by atoms with Crippen molar-refractivity contribution in [3.8, 4) is 0 Å². The number of carbonyl (C=O) groups excluding carboxylic acids is 2. The van der Waals surface area contributed by atoms with Crippen molar-refractivity contribution in [2.45, 2.75) is 39.3 Å². The molecule has 26 heavy (non-hydrogen) atoms. The second kappa shape index (κ2) is 7.68. The molecule has 6 nitrogen and oxygen atoms in total. The van der Waals surface area contributed by atoms with Crippen molar-refractivity contribution in [2.75, 3.05) is 6.54 Å². The van der Waals surface area contributed by atoms with E-state index in [1.54, 1.807) is 23.1 Å². The highest BCUT2D eigenvalue weighted by molar-refractivity contribution is 5.92. The third-order valence-electron chi connectivity index (χ3n) is 4.21. The quantitative estimate of drug-likeness (QED) is 0.860. The molecule has 0 saturated carbocycles. The van der Waals surface area contributed by atoms with Crippen LogP contribution in [0.15, 0.2) is 34.9 Å². The van der Waals surface area contributed by atoms with E-state index in [0.29, 0.717) is 19.0 Å². The minimum absolute atomic E-state index is 0.0716. The van der Waals surface area contributed by atoms with Crippen molar-refractivity contribution in [2.24, 2.45) is 5.92 Å². The number of hydrogen-bond donors (Lipinski definition) is 1. The SMILES string of the molecule is CC(C)Cc1cc(C(=O)N[C@H]2CC(=O)N(Cc3cccc(F)c3)C2)on1. The van der Waals surface area contributed by atoms with Crippen molar-refractivity contribution in [3.05, 3.63) is 53.2 Å². The van der Waals surface area contributed by atoms with Gasteiger partial charge in [-0.25, -0.2) is 4.39 Å². The number of hydrogen-bond acceptors (Lipinski definition) is 4. The first-order valence-electron chi connectivity index (χ1n) is 8.69. The molecule has 0 unspecified atom stereocenters. The van der Waals surface area contributed by atoms with Crippen LogP contribution in [0.3, 0.4) is 0 Å². The Kier molecular flexibility index (Phi) is 5.35. The van der Waals surface area contributed by atoms with Gasteiger partial charge in [0.05, 0.1) is 11.7 Å². The monoisotopic (exact) mass is 359 g/mol. The molecule has 1 aromatic carbocycles. The van der Waals surface area contributed by atoms with Gasteiger partial charge in [0, 0.05) is 25.6 Å². The highest BCUT2D eigenvalue weighted by Gasteiger charge is 2.31. The average Bonchev–Trinajstić information content (AvgIpc) is 3.14. The fourth-order valence-electron chi connectivity index (χ4n) is 3.07. The van der Waals surface area contributed by atoms with Crippen molar-refractivity contribution in [1.29, 1.82) is 0 Å². The van der Waals surface area contributed by atoms with Gasteiger partial charge in [-0.1, -0.05) is 31.1 Å². The van der Waals surface area contributed by atoms with E-state index in [9.17, 15) is 14.0 Å². The van der Waals surface area contributed by atoms with E-state index in [1.807, 2.05) is 0 Å². The van der Waals surface area contributed by atoms with Crippen LogP contribution < -0.4 is 5.32 Å². The molecule has 1 N–H and O–H groups in total. The third-order valence-corrected chi connectivity index (χ3v) is 4.21. The summed E-state index contributed by atoms with van der Waals surface area (Å²) in [5.74, 6) is -0.214. The summed E-state index contributed by atoms with van der Waals surface area (Å²) in [6.45, 7) is 4.83. The Morgan fingerprint density at radius 1 is 1.42 bits per heavy atom. The lowest BCUT2D eigenvalue weighted by molar-refractivity contribution is -0.128. The molecule has 1 fully saturated rings. The highest BCUT2D eigenvalue weighted by Crippen LogP contribution is 2.17. The molecule has 3 rings (SSSR count). The fraction of sp³-hybridized carbons (Fsp3) is 0.421. The second-order valence-corrected chi connectivity index (χ2v) is 7.06. The zero-order chi connectivity index (χ0) is 18.7. The molecule has 1 atom stereocenters. The van der Waals surface area contributed by atoms with Gasteiger partial charge in [0.25, 0.3) is 5.91 Å². The summed E-state index contributed by atoms with van der Waals surface area (Å²) in [6, 6.07) is 7.49. The summed E-state index contributed by atoms with van der Waals surface area (Å²) < 4.78 is 18.4. The normalized spacial score (nSPS) is 17.2. The number of halogens is 1. The van der Waals surface area contributed by atoms with E-state index in [1.165, 1.54) is 12.1 Å². The van der Waals surface area contributed by atoms with E-state index in [2.05, 4.69) is 24.3 Å². The molecule has 0 spiro atoms. The van der Waals surface area contributed by atoms with Gasteiger partial charge in [-0.05, 0) is 30.0 Å². The number of nitrogens with zero attached hydrogens (tertiary/aromatic N) is 2. The van der Waals surface area contributed by atoms with Gasteiger partial charge in [-0.2, -0.15) is 0 Å². The van der Waals surface area contributed by atoms with Gasteiger partial charge in [-0.15, -0.1) is 0 Å². The summed E-state index contributed by atoms with van der Waals surface area (Å²) in [6.07, 6.45) is 0.953. The third kappa shape index (κ3) is 4.47. The smallest absolute Gasteiger partial charge is 0.290 e. The summed E-state index contributed by atoms with van der Waals surface area (Å²) >= 11 is 0. The molecule has 1 saturated heterocycles. The second-order valence-electron chi connectivity index (χ2n) is 7.06. The molecule has 0 bridgehead atoms. The summed E-state index contributed by atoms with van der Waals surface area (Å²) in [7, 11) is 0. The molecule has 1 aliphatic heterocycles. The topological polar surface area (TPSA) is 75.4 Å². The Bertz CT molecular complexity index is 803. The van der Waals surface area contributed by atoms with Crippen LogP contribution in [0.1, 0.15) is 42.1 Å². The number of amides is 2. The Hall–Kier alpha value is -2.70. The maximum absolute atomic E-state index is 13.3. The first kappa shape index (κ1) is 18.1. The molecule has 0 aliphatic carbocycles. The molecular formula is C19H22FN3O3. The van der Waals surface area contributed by atoms with Crippen LogP contribution in [0.4, 0.5) is 4.39 Å². The van der Waals surface area contributed by atoms with Gasteiger partial charge >= 0.3 is 0 Å². The van der Waals surface area contributed by atoms with Gasteiger partial charge in [0.1, 0.15) is 5.82 Å². The molecular weight excluding hydrogens is 337 g/mol. The van der Waals surface area contributed by atoms with Crippen molar-refractivity contribution < 1.29 is 18.5 Å². The van der Waals surface area contributed by atoms with Crippen molar-refractivity contribution in [1.82, 2.24) is 15.4 Å². The van der Waals surface area contributed by atoms with Gasteiger partial charge in [0.15, 0.2) is 0 Å². The number of carbonyl (C=O) groups is 2. The molecule has 1 aliphatic rings.